The Morgan fingerprint density at radius 2 is 1.93 bits per heavy atom. The second-order valence-corrected chi connectivity index (χ2v) is 4.25. The van der Waals surface area contributed by atoms with E-state index in [-0.39, 0.29) is 6.04 Å². The van der Waals surface area contributed by atoms with Gasteiger partial charge < -0.3 is 11.5 Å². The summed E-state index contributed by atoms with van der Waals surface area (Å²) in [5, 5.41) is 0.767. The zero-order valence-electron chi connectivity index (χ0n) is 8.09. The first-order valence-corrected chi connectivity index (χ1v) is 5.37. The SMILES string of the molecule is NCC(N)c1cc2c(cc1Cl)CCC2. The van der Waals surface area contributed by atoms with Crippen LogP contribution in [0, 0.1) is 0 Å². The number of nitrogens with two attached hydrogens (primary N) is 2. The largest absolute Gasteiger partial charge is 0.329 e. The number of fused-ring (bicyclic) bond motifs is 1. The molecule has 1 atom stereocenters. The zero-order chi connectivity index (χ0) is 10.1. The Kier molecular flexibility index (Phi) is 2.77. The Hall–Kier alpha value is -0.570. The highest BCUT2D eigenvalue weighted by atomic mass is 35.5. The fourth-order valence-electron chi connectivity index (χ4n) is 2.02. The molecule has 0 aliphatic heterocycles. The average molecular weight is 211 g/mol. The van der Waals surface area contributed by atoms with Gasteiger partial charge in [-0.25, -0.2) is 0 Å². The van der Waals surface area contributed by atoms with Crippen LogP contribution < -0.4 is 11.5 Å². The van der Waals surface area contributed by atoms with Gasteiger partial charge in [-0.05, 0) is 42.0 Å². The van der Waals surface area contributed by atoms with Gasteiger partial charge in [0.25, 0.3) is 0 Å². The molecular formula is C11H15ClN2. The minimum atomic E-state index is -0.131. The summed E-state index contributed by atoms with van der Waals surface area (Å²) in [6.07, 6.45) is 3.52. The third kappa shape index (κ3) is 1.65. The van der Waals surface area contributed by atoms with Crippen molar-refractivity contribution in [1.82, 2.24) is 0 Å². The second kappa shape index (κ2) is 3.89. The lowest BCUT2D eigenvalue weighted by Crippen LogP contribution is -2.21. The van der Waals surface area contributed by atoms with Crippen molar-refractivity contribution in [2.45, 2.75) is 25.3 Å². The van der Waals surface area contributed by atoms with E-state index >= 15 is 0 Å². The van der Waals surface area contributed by atoms with Gasteiger partial charge in [0.15, 0.2) is 0 Å². The zero-order valence-corrected chi connectivity index (χ0v) is 8.85. The highest BCUT2D eigenvalue weighted by Gasteiger charge is 2.16. The topological polar surface area (TPSA) is 52.0 Å². The molecule has 0 heterocycles. The Bertz CT molecular complexity index is 349. The Morgan fingerprint density at radius 3 is 2.57 bits per heavy atom. The highest BCUT2D eigenvalue weighted by Crippen LogP contribution is 2.30. The molecule has 0 saturated heterocycles. The molecule has 14 heavy (non-hydrogen) atoms. The molecule has 0 spiro atoms. The van der Waals surface area contributed by atoms with Crippen molar-refractivity contribution in [3.63, 3.8) is 0 Å². The summed E-state index contributed by atoms with van der Waals surface area (Å²) in [4.78, 5) is 0. The molecule has 4 N–H and O–H groups in total. The molecule has 2 nitrogen and oxygen atoms in total. The van der Waals surface area contributed by atoms with E-state index in [1.54, 1.807) is 0 Å². The fraction of sp³-hybridized carbons (Fsp3) is 0.455. The van der Waals surface area contributed by atoms with Crippen LogP contribution in [0.5, 0.6) is 0 Å². The average Bonchev–Trinajstić information content (AvgIpc) is 2.62. The maximum atomic E-state index is 6.15. The summed E-state index contributed by atoms with van der Waals surface area (Å²) in [6.45, 7) is 0.443. The molecule has 1 aromatic carbocycles. The molecule has 0 radical (unpaired) electrons. The number of halogens is 1. The monoisotopic (exact) mass is 210 g/mol. The van der Waals surface area contributed by atoms with Crippen LogP contribution in [0.4, 0.5) is 0 Å². The predicted octanol–water partition coefficient (Wildman–Crippen LogP) is 1.79. The molecule has 2 rings (SSSR count). The van der Waals surface area contributed by atoms with Crippen LogP contribution in [0.1, 0.15) is 29.2 Å². The summed E-state index contributed by atoms with van der Waals surface area (Å²) < 4.78 is 0. The number of hydrogen-bond acceptors (Lipinski definition) is 2. The molecule has 3 heteroatoms. The second-order valence-electron chi connectivity index (χ2n) is 3.84. The summed E-state index contributed by atoms with van der Waals surface area (Å²) in [6, 6.07) is 4.05. The van der Waals surface area contributed by atoms with Crippen LogP contribution in [0.25, 0.3) is 0 Å². The van der Waals surface area contributed by atoms with Crippen molar-refractivity contribution >= 4 is 11.6 Å². The van der Waals surface area contributed by atoms with Gasteiger partial charge in [0, 0.05) is 17.6 Å². The molecular weight excluding hydrogens is 196 g/mol. The van der Waals surface area contributed by atoms with Crippen LogP contribution in [-0.2, 0) is 12.8 Å². The quantitative estimate of drug-likeness (QED) is 0.782. The maximum Gasteiger partial charge on any atom is 0.0457 e. The molecule has 1 aromatic rings. The molecule has 1 aliphatic carbocycles. The van der Waals surface area contributed by atoms with Crippen LogP contribution in [0.2, 0.25) is 5.02 Å². The molecule has 0 aromatic heterocycles. The van der Waals surface area contributed by atoms with E-state index in [0.29, 0.717) is 6.54 Å². The molecule has 1 aliphatic rings. The number of rotatable bonds is 2. The van der Waals surface area contributed by atoms with Crippen LogP contribution in [0.15, 0.2) is 12.1 Å². The molecule has 0 bridgehead atoms. The normalized spacial score (nSPS) is 16.8. The first kappa shape index (κ1) is 9.97. The lowest BCUT2D eigenvalue weighted by molar-refractivity contribution is 0.736. The molecule has 0 saturated carbocycles. The standard InChI is InChI=1S/C11H15ClN2/c12-10-5-8-3-1-2-7(8)4-9(10)11(14)6-13/h4-5,11H,1-3,6,13-14H2. The van der Waals surface area contributed by atoms with E-state index in [1.165, 1.54) is 17.5 Å². The van der Waals surface area contributed by atoms with E-state index < -0.39 is 0 Å². The number of aryl methyl sites for hydroxylation is 2. The van der Waals surface area contributed by atoms with Gasteiger partial charge in [0.2, 0.25) is 0 Å². The van der Waals surface area contributed by atoms with E-state index in [0.717, 1.165) is 23.4 Å². The van der Waals surface area contributed by atoms with Gasteiger partial charge in [-0.15, -0.1) is 0 Å². The van der Waals surface area contributed by atoms with Gasteiger partial charge in [0.1, 0.15) is 0 Å². The van der Waals surface area contributed by atoms with Crippen molar-refractivity contribution in [2.24, 2.45) is 11.5 Å². The number of benzene rings is 1. The lowest BCUT2D eigenvalue weighted by Gasteiger charge is -2.13. The summed E-state index contributed by atoms with van der Waals surface area (Å²) >= 11 is 6.15. The Morgan fingerprint density at radius 1 is 1.29 bits per heavy atom. The van der Waals surface area contributed by atoms with Gasteiger partial charge in [-0.1, -0.05) is 17.7 Å². The van der Waals surface area contributed by atoms with Crippen molar-refractivity contribution in [2.75, 3.05) is 6.54 Å². The van der Waals surface area contributed by atoms with E-state index in [9.17, 15) is 0 Å². The first-order valence-electron chi connectivity index (χ1n) is 4.99. The van der Waals surface area contributed by atoms with Gasteiger partial charge in [-0.2, -0.15) is 0 Å². The van der Waals surface area contributed by atoms with E-state index in [2.05, 4.69) is 12.1 Å². The van der Waals surface area contributed by atoms with Crippen LogP contribution in [-0.4, -0.2) is 6.54 Å². The molecule has 0 fully saturated rings. The van der Waals surface area contributed by atoms with Crippen LogP contribution >= 0.6 is 11.6 Å². The fourth-order valence-corrected chi connectivity index (χ4v) is 2.35. The minimum absolute atomic E-state index is 0.131. The summed E-state index contributed by atoms with van der Waals surface area (Å²) in [7, 11) is 0. The molecule has 1 unspecified atom stereocenters. The lowest BCUT2D eigenvalue weighted by atomic mass is 10.0. The van der Waals surface area contributed by atoms with E-state index in [4.69, 9.17) is 23.1 Å². The Balaban J connectivity index is 2.42. The Labute approximate surface area is 89.2 Å². The van der Waals surface area contributed by atoms with E-state index in [1.807, 2.05) is 0 Å². The first-order chi connectivity index (χ1) is 6.72. The predicted molar refractivity (Wildman–Crippen MR) is 59.5 cm³/mol. The summed E-state index contributed by atoms with van der Waals surface area (Å²) in [5.41, 5.74) is 15.2. The number of hydrogen-bond donors (Lipinski definition) is 2. The molecule has 76 valence electrons. The van der Waals surface area contributed by atoms with Crippen LogP contribution in [0.3, 0.4) is 0 Å². The van der Waals surface area contributed by atoms with Crippen molar-refractivity contribution in [3.8, 4) is 0 Å². The van der Waals surface area contributed by atoms with Crippen molar-refractivity contribution in [1.29, 1.82) is 0 Å². The molecule has 0 amide bonds. The maximum absolute atomic E-state index is 6.15. The van der Waals surface area contributed by atoms with Gasteiger partial charge in [-0.3, -0.25) is 0 Å². The van der Waals surface area contributed by atoms with Crippen molar-refractivity contribution in [3.05, 3.63) is 33.8 Å². The van der Waals surface area contributed by atoms with Crippen molar-refractivity contribution < 1.29 is 0 Å². The summed E-state index contributed by atoms with van der Waals surface area (Å²) in [5.74, 6) is 0. The third-order valence-electron chi connectivity index (χ3n) is 2.86. The highest BCUT2D eigenvalue weighted by molar-refractivity contribution is 6.31. The smallest absolute Gasteiger partial charge is 0.0457 e. The minimum Gasteiger partial charge on any atom is -0.329 e. The van der Waals surface area contributed by atoms with Gasteiger partial charge >= 0.3 is 0 Å². The third-order valence-corrected chi connectivity index (χ3v) is 3.19. The van der Waals surface area contributed by atoms with Gasteiger partial charge in [0.05, 0.1) is 0 Å².